The summed E-state index contributed by atoms with van der Waals surface area (Å²) >= 11 is 6.80. The van der Waals surface area contributed by atoms with Crippen molar-refractivity contribution in [1.82, 2.24) is 25.6 Å². The molecule has 5 rings (SSSR count). The molecule has 0 saturated carbocycles. The Bertz CT molecular complexity index is 1830. The number of hydrazine groups is 1. The van der Waals surface area contributed by atoms with Gasteiger partial charge >= 0.3 is 12.3 Å². The van der Waals surface area contributed by atoms with Crippen LogP contribution in [-0.4, -0.2) is 49.0 Å². The monoisotopic (exact) mass is 703 g/mol. The highest BCUT2D eigenvalue weighted by Gasteiger charge is 2.61. The molecule has 252 valence electrons. The highest BCUT2D eigenvalue weighted by Crippen LogP contribution is 2.37. The first kappa shape index (κ1) is 34.9. The molecule has 0 radical (unpaired) electrons. The molecule has 9 nitrogen and oxygen atoms in total. The van der Waals surface area contributed by atoms with Gasteiger partial charge in [-0.15, -0.1) is 5.10 Å². The zero-order valence-corrected chi connectivity index (χ0v) is 27.7. The number of rotatable bonds is 9. The number of carbonyl (C=O) groups excluding carboxylic acids is 1. The normalized spacial score (nSPS) is 15.3. The van der Waals surface area contributed by atoms with Crippen LogP contribution in [0.25, 0.3) is 17.1 Å². The summed E-state index contributed by atoms with van der Waals surface area (Å²) in [6, 6.07) is 17.7. The summed E-state index contributed by atoms with van der Waals surface area (Å²) in [4.78, 5) is 23.3. The Morgan fingerprint density at radius 1 is 1.02 bits per heavy atom. The van der Waals surface area contributed by atoms with E-state index in [-0.39, 0.29) is 28.7 Å². The summed E-state index contributed by atoms with van der Waals surface area (Å²) in [6.45, 7) is 8.05. The molecule has 1 aromatic heterocycles. The SMILES string of the molecule is Cc1ccc(C(C)C)c(N2C(=O)CS/C2=N\C(=S)NNC(C)c2ccc(-c3ncn(-c4ccc(OC(F)(F)C(F)(F)F)cc4)n3)cc2)c1. The molecule has 1 aliphatic rings. The molecular weight excluding hydrogens is 674 g/mol. The van der Waals surface area contributed by atoms with E-state index in [2.05, 4.69) is 44.5 Å². The maximum Gasteiger partial charge on any atom is 0.499 e. The van der Waals surface area contributed by atoms with Gasteiger partial charge in [0.25, 0.3) is 0 Å². The van der Waals surface area contributed by atoms with Crippen molar-refractivity contribution in [2.24, 2.45) is 4.99 Å². The fourth-order valence-electron chi connectivity index (χ4n) is 4.70. The minimum Gasteiger partial charge on any atom is -0.426 e. The van der Waals surface area contributed by atoms with Gasteiger partial charge in [0.15, 0.2) is 11.0 Å². The number of carbonyl (C=O) groups is 1. The first-order chi connectivity index (χ1) is 22.6. The minimum absolute atomic E-state index is 0.0606. The Labute approximate surface area is 282 Å². The van der Waals surface area contributed by atoms with Gasteiger partial charge in [-0.1, -0.05) is 62.0 Å². The third-order valence-electron chi connectivity index (χ3n) is 7.25. The molecule has 3 aromatic carbocycles. The summed E-state index contributed by atoms with van der Waals surface area (Å²) in [5.74, 6) is 0.128. The second kappa shape index (κ2) is 14.0. The summed E-state index contributed by atoms with van der Waals surface area (Å²) in [7, 11) is 0. The van der Waals surface area contributed by atoms with Crippen molar-refractivity contribution in [3.05, 3.63) is 89.7 Å². The molecule has 4 aromatic rings. The van der Waals surface area contributed by atoms with E-state index in [0.717, 1.165) is 34.5 Å². The number of hydrogen-bond acceptors (Lipinski definition) is 7. The molecule has 2 heterocycles. The number of amides is 1. The van der Waals surface area contributed by atoms with E-state index in [0.29, 0.717) is 22.2 Å². The molecule has 1 amide bonds. The van der Waals surface area contributed by atoms with Crippen molar-refractivity contribution in [2.45, 2.75) is 51.9 Å². The number of thiocarbonyl (C=S) groups is 1. The molecule has 1 aliphatic heterocycles. The number of aromatic nitrogens is 3. The Morgan fingerprint density at radius 2 is 1.71 bits per heavy atom. The molecule has 0 spiro atoms. The van der Waals surface area contributed by atoms with Crippen LogP contribution in [0.3, 0.4) is 0 Å². The van der Waals surface area contributed by atoms with Crippen molar-refractivity contribution in [3.63, 3.8) is 0 Å². The fraction of sp³-hybridized carbons (Fsp3) is 0.281. The minimum atomic E-state index is -5.84. The second-order valence-corrected chi connectivity index (χ2v) is 12.5. The number of halogens is 5. The number of nitrogens with zero attached hydrogens (tertiary/aromatic N) is 5. The number of aryl methyl sites for hydroxylation is 1. The van der Waals surface area contributed by atoms with E-state index in [1.54, 1.807) is 4.90 Å². The van der Waals surface area contributed by atoms with E-state index in [9.17, 15) is 26.7 Å². The number of hydrogen-bond donors (Lipinski definition) is 2. The molecule has 1 fully saturated rings. The van der Waals surface area contributed by atoms with Crippen LogP contribution in [-0.2, 0) is 4.79 Å². The summed E-state index contributed by atoms with van der Waals surface area (Å²) < 4.78 is 68.8. The number of alkyl halides is 5. The van der Waals surface area contributed by atoms with Crippen LogP contribution in [0.1, 0.15) is 49.4 Å². The van der Waals surface area contributed by atoms with Gasteiger partial charge in [-0.05, 0) is 79.0 Å². The average Bonchev–Trinajstić information content (AvgIpc) is 3.66. The first-order valence-electron chi connectivity index (χ1n) is 14.6. The summed E-state index contributed by atoms with van der Waals surface area (Å²) in [6.07, 6.45) is -9.77. The predicted octanol–water partition coefficient (Wildman–Crippen LogP) is 7.48. The highest BCUT2D eigenvalue weighted by molar-refractivity contribution is 8.15. The highest BCUT2D eigenvalue weighted by atomic mass is 32.2. The average molecular weight is 704 g/mol. The predicted molar refractivity (Wildman–Crippen MR) is 178 cm³/mol. The van der Waals surface area contributed by atoms with Gasteiger partial charge in [0.1, 0.15) is 12.1 Å². The van der Waals surface area contributed by atoms with Crippen LogP contribution < -0.4 is 20.5 Å². The number of nitrogens with one attached hydrogen (secondary N) is 2. The van der Waals surface area contributed by atoms with Crippen molar-refractivity contribution in [2.75, 3.05) is 10.7 Å². The van der Waals surface area contributed by atoms with Crippen LogP contribution >= 0.6 is 24.0 Å². The number of anilines is 1. The lowest BCUT2D eigenvalue weighted by molar-refractivity contribution is -0.360. The lowest BCUT2D eigenvalue weighted by Crippen LogP contribution is -2.41. The maximum absolute atomic E-state index is 13.2. The Hall–Kier alpha value is -4.41. The van der Waals surface area contributed by atoms with Crippen molar-refractivity contribution in [3.8, 4) is 22.8 Å². The van der Waals surface area contributed by atoms with Crippen molar-refractivity contribution in [1.29, 1.82) is 0 Å². The van der Waals surface area contributed by atoms with Crippen molar-refractivity contribution >= 4 is 45.9 Å². The summed E-state index contributed by atoms with van der Waals surface area (Å²) in [5, 5.41) is 5.05. The molecule has 1 atom stereocenters. The lowest BCUT2D eigenvalue weighted by atomic mass is 9.99. The van der Waals surface area contributed by atoms with Crippen LogP contribution in [0.2, 0.25) is 0 Å². The Balaban J connectivity index is 1.20. The van der Waals surface area contributed by atoms with Gasteiger partial charge in [0.05, 0.1) is 17.1 Å². The van der Waals surface area contributed by atoms with Crippen LogP contribution in [0, 0.1) is 6.92 Å². The number of amidine groups is 1. The number of benzene rings is 3. The van der Waals surface area contributed by atoms with Gasteiger partial charge in [-0.25, -0.2) is 15.1 Å². The Morgan fingerprint density at radius 3 is 2.35 bits per heavy atom. The van der Waals surface area contributed by atoms with Gasteiger partial charge in [-0.3, -0.25) is 15.1 Å². The van der Waals surface area contributed by atoms with Gasteiger partial charge in [0.2, 0.25) is 11.0 Å². The summed E-state index contributed by atoms with van der Waals surface area (Å²) in [5.41, 5.74) is 10.9. The third kappa shape index (κ3) is 7.82. The third-order valence-corrected chi connectivity index (χ3v) is 8.36. The quantitative estimate of drug-likeness (QED) is 0.105. The molecular formula is C32H30F5N7O2S2. The van der Waals surface area contributed by atoms with E-state index in [1.807, 2.05) is 56.3 Å². The topological polar surface area (TPSA) is 96.7 Å². The molecule has 1 unspecified atom stereocenters. The van der Waals surface area contributed by atoms with Gasteiger partial charge in [-0.2, -0.15) is 26.9 Å². The molecule has 2 N–H and O–H groups in total. The van der Waals surface area contributed by atoms with E-state index in [4.69, 9.17) is 12.2 Å². The smallest absolute Gasteiger partial charge is 0.426 e. The Kier molecular flexibility index (Phi) is 10.2. The zero-order chi connectivity index (χ0) is 34.8. The zero-order valence-electron chi connectivity index (χ0n) is 26.0. The molecule has 16 heteroatoms. The van der Waals surface area contributed by atoms with Gasteiger partial charge in [0, 0.05) is 11.6 Å². The largest absolute Gasteiger partial charge is 0.499 e. The van der Waals surface area contributed by atoms with Crippen LogP contribution in [0.5, 0.6) is 5.75 Å². The van der Waals surface area contributed by atoms with Crippen LogP contribution in [0.15, 0.2) is 78.0 Å². The van der Waals surface area contributed by atoms with Crippen LogP contribution in [0.4, 0.5) is 27.6 Å². The molecule has 0 aliphatic carbocycles. The molecule has 0 bridgehead atoms. The lowest BCUT2D eigenvalue weighted by Gasteiger charge is -2.22. The number of ether oxygens (including phenoxy) is 1. The molecule has 48 heavy (non-hydrogen) atoms. The standard InChI is InChI=1S/C32H30F5N7O2S2/c1-18(2)25-14-5-19(3)15-26(25)44-27(45)16-48-30(44)39-29(47)41-40-20(4)21-6-8-22(9-7-21)28-38-17-43(42-28)23-10-12-24(13-11-23)46-32(36,37)31(33,34)35/h5-15,17-18,20,40H,16H2,1-4H3,(H,41,47)/b39-30-. The van der Waals surface area contributed by atoms with E-state index >= 15 is 0 Å². The first-order valence-corrected chi connectivity index (χ1v) is 16.0. The van der Waals surface area contributed by atoms with Gasteiger partial charge < -0.3 is 4.74 Å². The number of aliphatic imine (C=N–C) groups is 1. The van der Waals surface area contributed by atoms with Crippen molar-refractivity contribution < 1.29 is 31.5 Å². The maximum atomic E-state index is 13.2. The number of thioether (sulfide) groups is 1. The van der Waals surface area contributed by atoms with E-state index < -0.39 is 18.0 Å². The fourth-order valence-corrected chi connectivity index (χ4v) is 5.77. The van der Waals surface area contributed by atoms with E-state index in [1.165, 1.54) is 34.9 Å². The second-order valence-electron chi connectivity index (χ2n) is 11.2. The molecule has 1 saturated heterocycles.